The molecular weight excluding hydrogens is 374 g/mol. The smallest absolute Gasteiger partial charge is 0.250 e. The van der Waals surface area contributed by atoms with Gasteiger partial charge in [0.25, 0.3) is 0 Å². The summed E-state index contributed by atoms with van der Waals surface area (Å²) in [6.45, 7) is 7.44. The largest absolute Gasteiger partial charge is 0.508 e. The zero-order valence-electron chi connectivity index (χ0n) is 16.4. The second-order valence-electron chi connectivity index (χ2n) is 6.81. The molecule has 2 saturated heterocycles. The van der Waals surface area contributed by atoms with Gasteiger partial charge in [0.1, 0.15) is 5.75 Å². The number of phenols is 1. The van der Waals surface area contributed by atoms with Crippen molar-refractivity contribution in [3.8, 4) is 5.75 Å². The second-order valence-corrected chi connectivity index (χ2v) is 6.81. The summed E-state index contributed by atoms with van der Waals surface area (Å²) in [7, 11) is 0. The normalized spacial score (nSPS) is 18.0. The van der Waals surface area contributed by atoms with Gasteiger partial charge in [-0.15, -0.1) is 0 Å². The van der Waals surface area contributed by atoms with Crippen LogP contribution in [0.25, 0.3) is 0 Å². The summed E-state index contributed by atoms with van der Waals surface area (Å²) in [5.41, 5.74) is 4.61. The zero-order valence-corrected chi connectivity index (χ0v) is 16.4. The van der Waals surface area contributed by atoms with Crippen molar-refractivity contribution in [2.24, 2.45) is 5.10 Å². The minimum atomic E-state index is 0.220. The first kappa shape index (κ1) is 19.3. The third-order valence-electron chi connectivity index (χ3n) is 4.81. The molecule has 4 rings (SSSR count). The van der Waals surface area contributed by atoms with Gasteiger partial charge in [-0.1, -0.05) is 0 Å². The average Bonchev–Trinajstić information content (AvgIpc) is 2.79. The highest BCUT2D eigenvalue weighted by Crippen LogP contribution is 2.19. The number of ether oxygens (including phenoxy) is 2. The van der Waals surface area contributed by atoms with Crippen LogP contribution in [0.5, 0.6) is 5.75 Å². The van der Waals surface area contributed by atoms with E-state index in [4.69, 9.17) is 9.47 Å². The molecule has 0 unspecified atom stereocenters. The molecule has 2 aliphatic rings. The number of nitrogens with one attached hydrogen (secondary N) is 1. The molecule has 0 radical (unpaired) electrons. The topological polar surface area (TPSA) is 108 Å². The predicted octanol–water partition coefficient (Wildman–Crippen LogP) is 1.09. The second kappa shape index (κ2) is 9.01. The number of morpholine rings is 2. The highest BCUT2D eigenvalue weighted by Gasteiger charge is 2.20. The molecule has 10 heteroatoms. The fraction of sp³-hybridized carbons (Fsp3) is 0.474. The number of benzene rings is 1. The zero-order chi connectivity index (χ0) is 20.1. The standard InChI is InChI=1S/C19H25N7O3/c1-14(15-2-4-16(27)5-3-15)23-24-17-20-18(25-6-10-28-11-7-25)22-19(21-17)26-8-12-29-13-9-26/h2-5,27H,6-13H2,1H3,(H,20,21,22,24)/b23-14+. The lowest BCUT2D eigenvalue weighted by molar-refractivity contribution is 0.121. The molecule has 0 aliphatic carbocycles. The summed E-state index contributed by atoms with van der Waals surface area (Å²) in [6.07, 6.45) is 0. The summed E-state index contributed by atoms with van der Waals surface area (Å²) < 4.78 is 10.9. The van der Waals surface area contributed by atoms with Crippen molar-refractivity contribution in [3.63, 3.8) is 0 Å². The van der Waals surface area contributed by atoms with Gasteiger partial charge in [0.05, 0.1) is 32.1 Å². The van der Waals surface area contributed by atoms with Crippen LogP contribution in [0.4, 0.5) is 17.8 Å². The van der Waals surface area contributed by atoms with Crippen molar-refractivity contribution in [3.05, 3.63) is 29.8 Å². The first-order chi connectivity index (χ1) is 14.2. The quantitative estimate of drug-likeness (QED) is 0.564. The third kappa shape index (κ3) is 4.90. The van der Waals surface area contributed by atoms with E-state index >= 15 is 0 Å². The van der Waals surface area contributed by atoms with Crippen molar-refractivity contribution in [1.82, 2.24) is 15.0 Å². The molecule has 1 aromatic heterocycles. The fourth-order valence-electron chi connectivity index (χ4n) is 3.11. The number of phenolic OH excluding ortho intramolecular Hbond substituents is 1. The summed E-state index contributed by atoms with van der Waals surface area (Å²) in [4.78, 5) is 18.0. The Morgan fingerprint density at radius 3 is 1.93 bits per heavy atom. The Morgan fingerprint density at radius 1 is 0.897 bits per heavy atom. The van der Waals surface area contributed by atoms with Crippen LogP contribution in [-0.4, -0.2) is 78.4 Å². The highest BCUT2D eigenvalue weighted by atomic mass is 16.5. The maximum absolute atomic E-state index is 9.45. The molecule has 0 atom stereocenters. The molecule has 29 heavy (non-hydrogen) atoms. The number of aromatic hydroxyl groups is 1. The number of nitrogens with zero attached hydrogens (tertiary/aromatic N) is 6. The highest BCUT2D eigenvalue weighted by molar-refractivity contribution is 5.99. The number of anilines is 3. The van der Waals surface area contributed by atoms with E-state index in [1.54, 1.807) is 12.1 Å². The first-order valence-electron chi connectivity index (χ1n) is 9.70. The molecule has 3 heterocycles. The molecule has 2 aliphatic heterocycles. The molecule has 2 N–H and O–H groups in total. The van der Waals surface area contributed by atoms with Crippen LogP contribution in [0.1, 0.15) is 12.5 Å². The molecule has 2 aromatic rings. The van der Waals surface area contributed by atoms with Gasteiger partial charge >= 0.3 is 0 Å². The van der Waals surface area contributed by atoms with Crippen molar-refractivity contribution >= 4 is 23.6 Å². The molecule has 154 valence electrons. The number of hydrogen-bond acceptors (Lipinski definition) is 10. The maximum atomic E-state index is 9.45. The van der Waals surface area contributed by atoms with E-state index < -0.39 is 0 Å². The molecular formula is C19H25N7O3. The molecule has 0 bridgehead atoms. The molecule has 10 nitrogen and oxygen atoms in total. The van der Waals surface area contributed by atoms with Crippen LogP contribution in [-0.2, 0) is 9.47 Å². The molecule has 0 amide bonds. The Kier molecular flexibility index (Phi) is 6.01. The van der Waals surface area contributed by atoms with Gasteiger partial charge < -0.3 is 24.4 Å². The number of rotatable bonds is 5. The molecule has 0 saturated carbocycles. The molecule has 2 fully saturated rings. The van der Waals surface area contributed by atoms with Gasteiger partial charge in [-0.2, -0.15) is 20.1 Å². The van der Waals surface area contributed by atoms with Crippen molar-refractivity contribution < 1.29 is 14.6 Å². The number of hydrogen-bond donors (Lipinski definition) is 2. The van der Waals surface area contributed by atoms with Crippen LogP contribution >= 0.6 is 0 Å². The van der Waals surface area contributed by atoms with Crippen LogP contribution < -0.4 is 15.2 Å². The average molecular weight is 399 g/mol. The Labute approximate surface area is 169 Å². The Hall–Kier alpha value is -2.98. The summed E-state index contributed by atoms with van der Waals surface area (Å²) in [5.74, 6) is 1.84. The van der Waals surface area contributed by atoms with E-state index in [0.29, 0.717) is 44.3 Å². The van der Waals surface area contributed by atoms with Gasteiger partial charge in [-0.05, 0) is 36.8 Å². The number of aromatic nitrogens is 3. The summed E-state index contributed by atoms with van der Waals surface area (Å²) in [5, 5.41) is 13.9. The van der Waals surface area contributed by atoms with Crippen molar-refractivity contribution in [2.45, 2.75) is 6.92 Å². The van der Waals surface area contributed by atoms with Crippen molar-refractivity contribution in [1.29, 1.82) is 0 Å². The van der Waals surface area contributed by atoms with Gasteiger partial charge in [0.2, 0.25) is 17.8 Å². The summed E-state index contributed by atoms with van der Waals surface area (Å²) >= 11 is 0. The lowest BCUT2D eigenvalue weighted by Gasteiger charge is -2.30. The van der Waals surface area contributed by atoms with Crippen molar-refractivity contribution in [2.75, 3.05) is 67.8 Å². The Balaban J connectivity index is 1.58. The minimum Gasteiger partial charge on any atom is -0.508 e. The van der Waals surface area contributed by atoms with Crippen LogP contribution in [0, 0.1) is 0 Å². The van der Waals surface area contributed by atoms with E-state index in [9.17, 15) is 5.11 Å². The molecule has 0 spiro atoms. The van der Waals surface area contributed by atoms with Gasteiger partial charge in [-0.25, -0.2) is 5.43 Å². The van der Waals surface area contributed by atoms with E-state index in [0.717, 1.165) is 37.5 Å². The molecule has 1 aromatic carbocycles. The van der Waals surface area contributed by atoms with Crippen LogP contribution in [0.15, 0.2) is 29.4 Å². The van der Waals surface area contributed by atoms with E-state index in [2.05, 4.69) is 35.3 Å². The SMILES string of the molecule is C/C(=N\Nc1nc(N2CCOCC2)nc(N2CCOCC2)n1)c1ccc(O)cc1. The fourth-order valence-corrected chi connectivity index (χ4v) is 3.11. The Morgan fingerprint density at radius 2 is 1.41 bits per heavy atom. The van der Waals surface area contributed by atoms with Crippen LogP contribution in [0.2, 0.25) is 0 Å². The minimum absolute atomic E-state index is 0.220. The van der Waals surface area contributed by atoms with E-state index in [1.165, 1.54) is 0 Å². The predicted molar refractivity (Wildman–Crippen MR) is 110 cm³/mol. The van der Waals surface area contributed by atoms with E-state index in [1.807, 2.05) is 19.1 Å². The third-order valence-corrected chi connectivity index (χ3v) is 4.81. The first-order valence-corrected chi connectivity index (χ1v) is 9.70. The summed E-state index contributed by atoms with van der Waals surface area (Å²) in [6, 6.07) is 6.87. The Bertz CT molecular complexity index is 811. The van der Waals surface area contributed by atoms with E-state index in [-0.39, 0.29) is 5.75 Å². The maximum Gasteiger partial charge on any atom is 0.250 e. The van der Waals surface area contributed by atoms with Crippen LogP contribution in [0.3, 0.4) is 0 Å². The van der Waals surface area contributed by atoms with Gasteiger partial charge in [0.15, 0.2) is 0 Å². The van der Waals surface area contributed by atoms with Gasteiger partial charge in [0, 0.05) is 26.2 Å². The lowest BCUT2D eigenvalue weighted by atomic mass is 10.1. The monoisotopic (exact) mass is 399 g/mol. The van der Waals surface area contributed by atoms with Gasteiger partial charge in [-0.3, -0.25) is 0 Å². The lowest BCUT2D eigenvalue weighted by Crippen LogP contribution is -2.40. The number of hydrazone groups is 1.